The third kappa shape index (κ3) is 5.50. The lowest BCUT2D eigenvalue weighted by molar-refractivity contribution is 0.0601. The Morgan fingerprint density at radius 1 is 1.40 bits per heavy atom. The van der Waals surface area contributed by atoms with E-state index < -0.39 is 0 Å². The van der Waals surface area contributed by atoms with Crippen molar-refractivity contribution < 1.29 is 9.47 Å². The highest BCUT2D eigenvalue weighted by atomic mass is 16.5. The molecule has 0 radical (unpaired) electrons. The number of hydrogen-bond donors (Lipinski definition) is 1. The van der Waals surface area contributed by atoms with E-state index in [4.69, 9.17) is 9.47 Å². The fourth-order valence-electron chi connectivity index (χ4n) is 2.24. The highest BCUT2D eigenvalue weighted by Gasteiger charge is 2.17. The van der Waals surface area contributed by atoms with Crippen molar-refractivity contribution >= 4 is 0 Å². The highest BCUT2D eigenvalue weighted by Crippen LogP contribution is 2.21. The highest BCUT2D eigenvalue weighted by molar-refractivity contribution is 4.72. The van der Waals surface area contributed by atoms with E-state index in [9.17, 15) is 0 Å². The average molecular weight is 215 g/mol. The standard InChI is InChI=1S/C12H25NO2/c1-13-12(4-3-7-14-2)10-11-5-8-15-9-6-11/h11-13H,3-10H2,1-2H3. The van der Waals surface area contributed by atoms with E-state index in [-0.39, 0.29) is 0 Å². The zero-order valence-corrected chi connectivity index (χ0v) is 10.1. The Kier molecular flexibility index (Phi) is 6.98. The summed E-state index contributed by atoms with van der Waals surface area (Å²) in [7, 11) is 3.84. The topological polar surface area (TPSA) is 30.5 Å². The second-order valence-electron chi connectivity index (χ2n) is 4.41. The molecule has 0 aliphatic carbocycles. The first-order valence-corrected chi connectivity index (χ1v) is 6.10. The van der Waals surface area contributed by atoms with Gasteiger partial charge in [-0.2, -0.15) is 0 Å². The molecule has 0 bridgehead atoms. The molecule has 0 saturated carbocycles. The Bertz CT molecular complexity index is 147. The van der Waals surface area contributed by atoms with Crippen LogP contribution in [-0.4, -0.2) is 40.0 Å². The molecule has 1 aliphatic heterocycles. The molecule has 1 atom stereocenters. The summed E-state index contributed by atoms with van der Waals surface area (Å²) in [4.78, 5) is 0. The summed E-state index contributed by atoms with van der Waals surface area (Å²) in [6.45, 7) is 2.80. The van der Waals surface area contributed by atoms with E-state index in [2.05, 4.69) is 12.4 Å². The minimum absolute atomic E-state index is 0.656. The van der Waals surface area contributed by atoms with Crippen LogP contribution in [0.1, 0.15) is 32.1 Å². The predicted octanol–water partition coefficient (Wildman–Crippen LogP) is 1.82. The molecule has 90 valence electrons. The molecule has 1 rings (SSSR count). The van der Waals surface area contributed by atoms with Crippen LogP contribution in [0.5, 0.6) is 0 Å². The summed E-state index contributed by atoms with van der Waals surface area (Å²) in [6, 6.07) is 0.656. The molecular formula is C12H25NO2. The summed E-state index contributed by atoms with van der Waals surface area (Å²) >= 11 is 0. The lowest BCUT2D eigenvalue weighted by atomic mass is 9.91. The molecule has 0 amide bonds. The van der Waals surface area contributed by atoms with Crippen LogP contribution in [0.2, 0.25) is 0 Å². The third-order valence-electron chi connectivity index (χ3n) is 3.27. The van der Waals surface area contributed by atoms with E-state index in [1.165, 1.54) is 25.7 Å². The van der Waals surface area contributed by atoms with E-state index >= 15 is 0 Å². The second kappa shape index (κ2) is 8.08. The molecule has 1 fully saturated rings. The lowest BCUT2D eigenvalue weighted by Crippen LogP contribution is -2.30. The van der Waals surface area contributed by atoms with Gasteiger partial charge in [-0.15, -0.1) is 0 Å². The maximum absolute atomic E-state index is 5.37. The van der Waals surface area contributed by atoms with Gasteiger partial charge in [0, 0.05) is 33.0 Å². The summed E-state index contributed by atoms with van der Waals surface area (Å²) in [5.74, 6) is 0.860. The van der Waals surface area contributed by atoms with Crippen molar-refractivity contribution in [1.82, 2.24) is 5.32 Å². The number of nitrogens with one attached hydrogen (secondary N) is 1. The van der Waals surface area contributed by atoms with Crippen LogP contribution >= 0.6 is 0 Å². The van der Waals surface area contributed by atoms with Crippen molar-refractivity contribution in [3.63, 3.8) is 0 Å². The van der Waals surface area contributed by atoms with Crippen molar-refractivity contribution in [2.24, 2.45) is 5.92 Å². The Balaban J connectivity index is 2.13. The number of ether oxygens (including phenoxy) is 2. The van der Waals surface area contributed by atoms with Gasteiger partial charge in [0.05, 0.1) is 0 Å². The van der Waals surface area contributed by atoms with Gasteiger partial charge in [0.15, 0.2) is 0 Å². The zero-order valence-electron chi connectivity index (χ0n) is 10.1. The second-order valence-corrected chi connectivity index (χ2v) is 4.41. The van der Waals surface area contributed by atoms with E-state index in [1.807, 2.05) is 0 Å². The van der Waals surface area contributed by atoms with Crippen molar-refractivity contribution in [2.45, 2.75) is 38.1 Å². The first kappa shape index (κ1) is 12.9. The van der Waals surface area contributed by atoms with Crippen molar-refractivity contribution in [2.75, 3.05) is 34.0 Å². The molecule has 1 unspecified atom stereocenters. The number of hydrogen-bond acceptors (Lipinski definition) is 3. The van der Waals surface area contributed by atoms with Gasteiger partial charge in [0.2, 0.25) is 0 Å². The van der Waals surface area contributed by atoms with Crippen LogP contribution in [0.15, 0.2) is 0 Å². The van der Waals surface area contributed by atoms with Crippen molar-refractivity contribution in [3.05, 3.63) is 0 Å². The summed E-state index contributed by atoms with van der Waals surface area (Å²) < 4.78 is 10.5. The van der Waals surface area contributed by atoms with E-state index in [0.29, 0.717) is 6.04 Å². The molecule has 1 aliphatic rings. The number of rotatable bonds is 7. The van der Waals surface area contributed by atoms with Gasteiger partial charge < -0.3 is 14.8 Å². The summed E-state index contributed by atoms with van der Waals surface area (Å²) in [6.07, 6.45) is 6.15. The first-order valence-electron chi connectivity index (χ1n) is 6.10. The smallest absolute Gasteiger partial charge is 0.0468 e. The molecule has 3 nitrogen and oxygen atoms in total. The molecule has 0 aromatic rings. The average Bonchev–Trinajstić information content (AvgIpc) is 2.29. The molecule has 0 aromatic carbocycles. The van der Waals surface area contributed by atoms with Gasteiger partial charge in [-0.05, 0) is 45.1 Å². The third-order valence-corrected chi connectivity index (χ3v) is 3.27. The lowest BCUT2D eigenvalue weighted by Gasteiger charge is -2.26. The minimum Gasteiger partial charge on any atom is -0.385 e. The van der Waals surface area contributed by atoms with Crippen LogP contribution in [0.4, 0.5) is 0 Å². The maximum Gasteiger partial charge on any atom is 0.0468 e. The Labute approximate surface area is 93.5 Å². The van der Waals surface area contributed by atoms with Crippen molar-refractivity contribution in [3.8, 4) is 0 Å². The molecule has 1 saturated heterocycles. The van der Waals surface area contributed by atoms with E-state index in [0.717, 1.165) is 32.2 Å². The molecular weight excluding hydrogens is 190 g/mol. The van der Waals surface area contributed by atoms with Crippen LogP contribution in [-0.2, 0) is 9.47 Å². The minimum atomic E-state index is 0.656. The normalized spacial score (nSPS) is 20.4. The molecule has 3 heteroatoms. The van der Waals surface area contributed by atoms with Crippen LogP contribution in [0.3, 0.4) is 0 Å². The van der Waals surface area contributed by atoms with Crippen LogP contribution in [0.25, 0.3) is 0 Å². The van der Waals surface area contributed by atoms with Gasteiger partial charge >= 0.3 is 0 Å². The predicted molar refractivity (Wildman–Crippen MR) is 62.1 cm³/mol. The Hall–Kier alpha value is -0.120. The van der Waals surface area contributed by atoms with Gasteiger partial charge in [-0.25, -0.2) is 0 Å². The van der Waals surface area contributed by atoms with Crippen LogP contribution < -0.4 is 5.32 Å². The first-order chi connectivity index (χ1) is 7.36. The zero-order chi connectivity index (χ0) is 10.9. The fraction of sp³-hybridized carbons (Fsp3) is 1.00. The monoisotopic (exact) mass is 215 g/mol. The SMILES string of the molecule is CNC(CCCOC)CC1CCOCC1. The Morgan fingerprint density at radius 3 is 2.73 bits per heavy atom. The van der Waals surface area contributed by atoms with Gasteiger partial charge in [-0.3, -0.25) is 0 Å². The molecule has 1 heterocycles. The van der Waals surface area contributed by atoms with Crippen molar-refractivity contribution in [1.29, 1.82) is 0 Å². The van der Waals surface area contributed by atoms with Gasteiger partial charge in [-0.1, -0.05) is 0 Å². The quantitative estimate of drug-likeness (QED) is 0.657. The van der Waals surface area contributed by atoms with Gasteiger partial charge in [0.1, 0.15) is 0 Å². The maximum atomic E-state index is 5.37. The van der Waals surface area contributed by atoms with Crippen LogP contribution in [0, 0.1) is 5.92 Å². The van der Waals surface area contributed by atoms with Gasteiger partial charge in [0.25, 0.3) is 0 Å². The fourth-order valence-corrected chi connectivity index (χ4v) is 2.24. The summed E-state index contributed by atoms with van der Waals surface area (Å²) in [5.41, 5.74) is 0. The largest absolute Gasteiger partial charge is 0.385 e. The summed E-state index contributed by atoms with van der Waals surface area (Å²) in [5, 5.41) is 3.41. The molecule has 1 N–H and O–H groups in total. The molecule has 0 aromatic heterocycles. The molecule has 15 heavy (non-hydrogen) atoms. The number of methoxy groups -OCH3 is 1. The molecule has 0 spiro atoms. The van der Waals surface area contributed by atoms with E-state index in [1.54, 1.807) is 7.11 Å². The Morgan fingerprint density at radius 2 is 2.13 bits per heavy atom.